The number of nitrogens with zero attached hydrogens (tertiary/aromatic N) is 1. The highest BCUT2D eigenvalue weighted by molar-refractivity contribution is 5.98. The summed E-state index contributed by atoms with van der Waals surface area (Å²) in [5, 5.41) is 0. The first-order valence-electron chi connectivity index (χ1n) is 9.12. The number of ether oxygens (including phenoxy) is 2. The summed E-state index contributed by atoms with van der Waals surface area (Å²) < 4.78 is 10.5. The molecule has 1 fully saturated rings. The van der Waals surface area contributed by atoms with Crippen LogP contribution in [0.15, 0.2) is 42.5 Å². The van der Waals surface area contributed by atoms with Gasteiger partial charge in [0.2, 0.25) is 11.8 Å². The summed E-state index contributed by atoms with van der Waals surface area (Å²) >= 11 is 0. The molecule has 1 aliphatic rings. The summed E-state index contributed by atoms with van der Waals surface area (Å²) in [6.07, 6.45) is 1.34. The van der Waals surface area contributed by atoms with Crippen LogP contribution >= 0.6 is 0 Å². The fourth-order valence-electron chi connectivity index (χ4n) is 3.45. The van der Waals surface area contributed by atoms with Crippen molar-refractivity contribution in [1.29, 1.82) is 0 Å². The molecule has 1 saturated heterocycles. The molecule has 0 bridgehead atoms. The molecule has 2 aromatic rings. The normalized spacial score (nSPS) is 15.1. The predicted molar refractivity (Wildman–Crippen MR) is 103 cm³/mol. The molecule has 142 valence electrons. The second kappa shape index (κ2) is 8.25. The van der Waals surface area contributed by atoms with Crippen molar-refractivity contribution in [3.05, 3.63) is 59.2 Å². The molecule has 5 nitrogen and oxygen atoms in total. The van der Waals surface area contributed by atoms with Gasteiger partial charge in [-0.25, -0.2) is 0 Å². The third kappa shape index (κ3) is 4.30. The van der Waals surface area contributed by atoms with Crippen LogP contribution < -0.4 is 9.47 Å². The Balaban J connectivity index is 1.64. The smallest absolute Gasteiger partial charge is 0.229 e. The molecule has 27 heavy (non-hydrogen) atoms. The maximum absolute atomic E-state index is 12.6. The molecule has 0 aromatic heterocycles. The molecular formula is C22H25NO4. The lowest BCUT2D eigenvalue weighted by atomic mass is 9.88. The van der Waals surface area contributed by atoms with Gasteiger partial charge in [0.1, 0.15) is 0 Å². The lowest BCUT2D eigenvalue weighted by Gasteiger charge is -2.30. The second-order valence-electron chi connectivity index (χ2n) is 6.89. The average molecular weight is 367 g/mol. The zero-order valence-corrected chi connectivity index (χ0v) is 16.0. The van der Waals surface area contributed by atoms with Crippen molar-refractivity contribution in [3.8, 4) is 11.5 Å². The van der Waals surface area contributed by atoms with Gasteiger partial charge in [0.25, 0.3) is 0 Å². The van der Waals surface area contributed by atoms with Gasteiger partial charge in [-0.1, -0.05) is 35.9 Å². The molecule has 0 aliphatic carbocycles. The Morgan fingerprint density at radius 3 is 2.15 bits per heavy atom. The van der Waals surface area contributed by atoms with Crippen molar-refractivity contribution < 1.29 is 19.1 Å². The Morgan fingerprint density at radius 2 is 1.56 bits per heavy atom. The summed E-state index contributed by atoms with van der Waals surface area (Å²) in [5.41, 5.74) is 3.22. The second-order valence-corrected chi connectivity index (χ2v) is 6.89. The number of aryl methyl sites for hydroxylation is 1. The minimum Gasteiger partial charge on any atom is -0.493 e. The van der Waals surface area contributed by atoms with Crippen molar-refractivity contribution >= 4 is 11.8 Å². The lowest BCUT2D eigenvalue weighted by Crippen LogP contribution is -2.43. The molecule has 5 heteroatoms. The van der Waals surface area contributed by atoms with Crippen LogP contribution in [0.1, 0.15) is 35.4 Å². The van der Waals surface area contributed by atoms with Crippen molar-refractivity contribution in [1.82, 2.24) is 4.90 Å². The zero-order chi connectivity index (χ0) is 19.4. The Bertz CT molecular complexity index is 811. The van der Waals surface area contributed by atoms with E-state index in [0.717, 1.165) is 11.1 Å². The quantitative estimate of drug-likeness (QED) is 0.734. The molecule has 0 saturated carbocycles. The van der Waals surface area contributed by atoms with Gasteiger partial charge in [0.15, 0.2) is 11.5 Å². The first kappa shape index (κ1) is 19.0. The summed E-state index contributed by atoms with van der Waals surface area (Å²) in [6.45, 7) is 2.41. The van der Waals surface area contributed by atoms with Gasteiger partial charge in [0.05, 0.1) is 14.2 Å². The molecule has 3 rings (SSSR count). The Kier molecular flexibility index (Phi) is 5.79. The monoisotopic (exact) mass is 367 g/mol. The van der Waals surface area contributed by atoms with Gasteiger partial charge >= 0.3 is 0 Å². The van der Waals surface area contributed by atoms with Gasteiger partial charge in [-0.2, -0.15) is 0 Å². The van der Waals surface area contributed by atoms with Crippen LogP contribution in [0, 0.1) is 6.92 Å². The molecule has 0 spiro atoms. The number of carbonyl (C=O) groups excluding carboxylic acids is 2. The van der Waals surface area contributed by atoms with E-state index < -0.39 is 0 Å². The minimum absolute atomic E-state index is 0.0251. The average Bonchev–Trinajstić information content (AvgIpc) is 2.67. The highest BCUT2D eigenvalue weighted by Crippen LogP contribution is 2.31. The molecule has 1 aliphatic heterocycles. The number of rotatable bonds is 6. The molecule has 2 amide bonds. The van der Waals surface area contributed by atoms with E-state index in [9.17, 15) is 9.59 Å². The van der Waals surface area contributed by atoms with Crippen molar-refractivity contribution in [3.63, 3.8) is 0 Å². The minimum atomic E-state index is -0.0997. The highest BCUT2D eigenvalue weighted by atomic mass is 16.5. The van der Waals surface area contributed by atoms with Crippen molar-refractivity contribution in [2.75, 3.05) is 20.8 Å². The molecule has 0 radical (unpaired) electrons. The van der Waals surface area contributed by atoms with E-state index in [4.69, 9.17) is 9.47 Å². The fraction of sp³-hybridized carbons (Fsp3) is 0.364. The molecular weight excluding hydrogens is 342 g/mol. The van der Waals surface area contributed by atoms with Crippen LogP contribution in [0.4, 0.5) is 0 Å². The summed E-state index contributed by atoms with van der Waals surface area (Å²) in [5.74, 6) is 1.08. The molecule has 1 heterocycles. The van der Waals surface area contributed by atoms with Crippen LogP contribution in [0.3, 0.4) is 0 Å². The summed E-state index contributed by atoms with van der Waals surface area (Å²) in [4.78, 5) is 26.5. The Morgan fingerprint density at radius 1 is 0.926 bits per heavy atom. The van der Waals surface area contributed by atoms with E-state index in [1.807, 2.05) is 49.4 Å². The molecule has 0 unspecified atom stereocenters. The van der Waals surface area contributed by atoms with Gasteiger partial charge in [0, 0.05) is 25.3 Å². The molecule has 0 N–H and O–H groups in total. The van der Waals surface area contributed by atoms with Crippen LogP contribution in [-0.4, -0.2) is 37.5 Å². The maximum Gasteiger partial charge on any atom is 0.229 e. The van der Waals surface area contributed by atoms with Crippen LogP contribution in [0.2, 0.25) is 0 Å². The lowest BCUT2D eigenvalue weighted by molar-refractivity contribution is -0.148. The molecule has 2 aromatic carbocycles. The van der Waals surface area contributed by atoms with E-state index in [0.29, 0.717) is 37.3 Å². The number of likely N-dealkylation sites (tertiary alicyclic amines) is 1. The van der Waals surface area contributed by atoms with Crippen LogP contribution in [0.25, 0.3) is 0 Å². The number of piperidine rings is 1. The van der Waals surface area contributed by atoms with Crippen molar-refractivity contribution in [2.45, 2.75) is 32.1 Å². The zero-order valence-electron chi connectivity index (χ0n) is 16.0. The van der Waals surface area contributed by atoms with E-state index in [2.05, 4.69) is 0 Å². The Labute approximate surface area is 159 Å². The third-order valence-electron chi connectivity index (χ3n) is 5.06. The summed E-state index contributed by atoms with van der Waals surface area (Å²) in [7, 11) is 3.18. The number of amides is 2. The predicted octanol–water partition coefficient (Wildman–Crippen LogP) is 3.49. The van der Waals surface area contributed by atoms with Gasteiger partial charge in [-0.15, -0.1) is 0 Å². The van der Waals surface area contributed by atoms with E-state index >= 15 is 0 Å². The molecule has 0 atom stereocenters. The van der Waals surface area contributed by atoms with E-state index in [-0.39, 0.29) is 17.7 Å². The SMILES string of the molecule is COc1ccc(CCN2C(=O)CC(c3ccc(C)cc3)CC2=O)cc1OC. The number of hydrogen-bond acceptors (Lipinski definition) is 4. The maximum atomic E-state index is 12.6. The fourth-order valence-corrected chi connectivity index (χ4v) is 3.45. The standard InChI is InChI=1S/C22H25NO4/c1-15-4-7-17(8-5-15)18-13-21(24)23(22(25)14-18)11-10-16-6-9-19(26-2)20(12-16)27-3/h4-9,12,18H,10-11,13-14H2,1-3H3. The van der Waals surface area contributed by atoms with Gasteiger partial charge < -0.3 is 9.47 Å². The number of methoxy groups -OCH3 is 2. The number of benzene rings is 2. The largest absolute Gasteiger partial charge is 0.493 e. The van der Waals surface area contributed by atoms with Gasteiger partial charge in [-0.05, 0) is 36.6 Å². The van der Waals surface area contributed by atoms with Crippen molar-refractivity contribution in [2.24, 2.45) is 0 Å². The number of carbonyl (C=O) groups is 2. The first-order valence-corrected chi connectivity index (χ1v) is 9.12. The van der Waals surface area contributed by atoms with E-state index in [1.165, 1.54) is 10.5 Å². The van der Waals surface area contributed by atoms with E-state index in [1.54, 1.807) is 14.2 Å². The first-order chi connectivity index (χ1) is 13.0. The Hall–Kier alpha value is -2.82. The van der Waals surface area contributed by atoms with Gasteiger partial charge in [-0.3, -0.25) is 14.5 Å². The summed E-state index contributed by atoms with van der Waals surface area (Å²) in [6, 6.07) is 13.7. The topological polar surface area (TPSA) is 55.8 Å². The third-order valence-corrected chi connectivity index (χ3v) is 5.06. The van der Waals surface area contributed by atoms with Crippen LogP contribution in [0.5, 0.6) is 11.5 Å². The van der Waals surface area contributed by atoms with Crippen LogP contribution in [-0.2, 0) is 16.0 Å². The number of hydrogen-bond donors (Lipinski definition) is 0. The number of imide groups is 1. The highest BCUT2D eigenvalue weighted by Gasteiger charge is 2.32.